The summed E-state index contributed by atoms with van der Waals surface area (Å²) >= 11 is 0. The molecule has 26 heavy (non-hydrogen) atoms. The molecule has 0 fully saturated rings. The van der Waals surface area contributed by atoms with Gasteiger partial charge in [0.05, 0.1) is 16.4 Å². The Balaban J connectivity index is 0.00000625. The minimum absolute atomic E-state index is 0. The fourth-order valence-electron chi connectivity index (χ4n) is 2.11. The van der Waals surface area contributed by atoms with Crippen molar-refractivity contribution in [2.24, 2.45) is 4.99 Å². The van der Waals surface area contributed by atoms with E-state index >= 15 is 0 Å². The fourth-order valence-corrected chi connectivity index (χ4v) is 4.22. The molecule has 0 saturated heterocycles. The van der Waals surface area contributed by atoms with Crippen LogP contribution in [0.15, 0.2) is 40.2 Å². The minimum atomic E-state index is -3.28. The lowest BCUT2D eigenvalue weighted by Gasteiger charge is -2.17. The van der Waals surface area contributed by atoms with Gasteiger partial charge in [0.2, 0.25) is 0 Å². The van der Waals surface area contributed by atoms with Gasteiger partial charge in [0.1, 0.15) is 9.84 Å². The third-order valence-electron chi connectivity index (χ3n) is 3.51. The molecule has 0 aliphatic rings. The van der Waals surface area contributed by atoms with Gasteiger partial charge in [0, 0.05) is 25.9 Å². The Morgan fingerprint density at radius 3 is 2.27 bits per heavy atom. The van der Waals surface area contributed by atoms with E-state index in [0.717, 1.165) is 0 Å². The zero-order valence-corrected chi connectivity index (χ0v) is 19.3. The highest BCUT2D eigenvalue weighted by atomic mass is 127. The number of benzene rings is 1. The molecule has 0 saturated carbocycles. The first-order valence-corrected chi connectivity index (χ1v) is 11.8. The van der Waals surface area contributed by atoms with E-state index in [9.17, 15) is 16.8 Å². The van der Waals surface area contributed by atoms with Crippen LogP contribution in [-0.2, 0) is 19.7 Å². The summed E-state index contributed by atoms with van der Waals surface area (Å²) in [6, 6.07) is 8.30. The van der Waals surface area contributed by atoms with Gasteiger partial charge in [-0.15, -0.1) is 24.0 Å². The predicted molar refractivity (Wildman–Crippen MR) is 117 cm³/mol. The zero-order valence-electron chi connectivity index (χ0n) is 15.3. The second-order valence-corrected chi connectivity index (χ2v) is 10.3. The third kappa shape index (κ3) is 10.3. The number of hydrogen-bond acceptors (Lipinski definition) is 5. The molecule has 0 aromatic heterocycles. The van der Waals surface area contributed by atoms with Gasteiger partial charge in [-0.3, -0.25) is 4.99 Å². The SMILES string of the molecule is CN=C(NCCCS(=O)(=O)c1ccccc1)NC(C)CCS(C)(=O)=O.I. The van der Waals surface area contributed by atoms with Crippen LogP contribution < -0.4 is 10.6 Å². The highest BCUT2D eigenvalue weighted by Crippen LogP contribution is 2.10. The first-order valence-electron chi connectivity index (χ1n) is 8.07. The molecule has 0 aliphatic heterocycles. The molecule has 7 nitrogen and oxygen atoms in total. The van der Waals surface area contributed by atoms with Gasteiger partial charge in [-0.1, -0.05) is 18.2 Å². The smallest absolute Gasteiger partial charge is 0.191 e. The van der Waals surface area contributed by atoms with E-state index in [1.54, 1.807) is 37.4 Å². The predicted octanol–water partition coefficient (Wildman–Crippen LogP) is 1.46. The molecule has 10 heteroatoms. The van der Waals surface area contributed by atoms with E-state index in [4.69, 9.17) is 0 Å². The van der Waals surface area contributed by atoms with Gasteiger partial charge >= 0.3 is 0 Å². The fraction of sp³-hybridized carbons (Fsp3) is 0.562. The van der Waals surface area contributed by atoms with Crippen molar-refractivity contribution in [3.63, 3.8) is 0 Å². The molecular formula is C16H28IN3O4S2. The molecule has 0 aliphatic carbocycles. The van der Waals surface area contributed by atoms with Gasteiger partial charge in [0.25, 0.3) is 0 Å². The first kappa shape index (κ1) is 25.1. The van der Waals surface area contributed by atoms with Crippen LogP contribution >= 0.6 is 24.0 Å². The van der Waals surface area contributed by atoms with Crippen molar-refractivity contribution < 1.29 is 16.8 Å². The van der Waals surface area contributed by atoms with E-state index in [0.29, 0.717) is 30.2 Å². The average Bonchev–Trinajstić information content (AvgIpc) is 2.56. The Labute approximate surface area is 173 Å². The molecule has 1 unspecified atom stereocenters. The summed E-state index contributed by atoms with van der Waals surface area (Å²) in [6.45, 7) is 2.32. The van der Waals surface area contributed by atoms with Crippen molar-refractivity contribution in [3.05, 3.63) is 30.3 Å². The number of nitrogens with zero attached hydrogens (tertiary/aromatic N) is 1. The van der Waals surface area contributed by atoms with Crippen LogP contribution in [0.2, 0.25) is 0 Å². The van der Waals surface area contributed by atoms with Crippen molar-refractivity contribution in [3.8, 4) is 0 Å². The van der Waals surface area contributed by atoms with Crippen LogP contribution in [0, 0.1) is 0 Å². The van der Waals surface area contributed by atoms with Crippen LogP contribution in [0.1, 0.15) is 19.8 Å². The molecule has 1 aromatic carbocycles. The van der Waals surface area contributed by atoms with Gasteiger partial charge in [-0.2, -0.15) is 0 Å². The summed E-state index contributed by atoms with van der Waals surface area (Å²) in [6.07, 6.45) is 2.12. The lowest BCUT2D eigenvalue weighted by atomic mass is 10.3. The summed E-state index contributed by atoms with van der Waals surface area (Å²) in [5.41, 5.74) is 0. The molecule has 150 valence electrons. The van der Waals surface area contributed by atoms with Crippen LogP contribution in [0.25, 0.3) is 0 Å². The number of halogens is 1. The number of hydrogen-bond donors (Lipinski definition) is 2. The molecule has 0 amide bonds. The monoisotopic (exact) mass is 517 g/mol. The molecule has 1 atom stereocenters. The van der Waals surface area contributed by atoms with Crippen molar-refractivity contribution >= 4 is 49.6 Å². The lowest BCUT2D eigenvalue weighted by Crippen LogP contribution is -2.43. The number of nitrogens with one attached hydrogen (secondary N) is 2. The summed E-state index contributed by atoms with van der Waals surface area (Å²) in [5.74, 6) is 0.677. The molecule has 1 rings (SSSR count). The first-order chi connectivity index (χ1) is 11.6. The van der Waals surface area contributed by atoms with Crippen LogP contribution in [0.3, 0.4) is 0 Å². The summed E-state index contributed by atoms with van der Waals surface area (Å²) in [5, 5.41) is 6.14. The summed E-state index contributed by atoms with van der Waals surface area (Å²) < 4.78 is 46.7. The lowest BCUT2D eigenvalue weighted by molar-refractivity contribution is 0.580. The highest BCUT2D eigenvalue weighted by molar-refractivity contribution is 14.0. The van der Waals surface area contributed by atoms with Crippen LogP contribution in [0.5, 0.6) is 0 Å². The molecular weight excluding hydrogens is 489 g/mol. The molecule has 0 heterocycles. The van der Waals surface area contributed by atoms with Gasteiger partial charge < -0.3 is 10.6 Å². The van der Waals surface area contributed by atoms with Gasteiger partial charge in [0.15, 0.2) is 15.8 Å². The Morgan fingerprint density at radius 2 is 1.73 bits per heavy atom. The molecule has 2 N–H and O–H groups in total. The van der Waals surface area contributed by atoms with E-state index < -0.39 is 19.7 Å². The number of sulfone groups is 2. The number of aliphatic imine (C=N–C) groups is 1. The van der Waals surface area contributed by atoms with E-state index in [1.807, 2.05) is 6.92 Å². The van der Waals surface area contributed by atoms with E-state index in [-0.39, 0.29) is 41.5 Å². The Bertz CT molecular complexity index is 766. The maximum absolute atomic E-state index is 12.2. The number of rotatable bonds is 9. The van der Waals surface area contributed by atoms with Crippen LogP contribution in [-0.4, -0.2) is 60.2 Å². The Morgan fingerprint density at radius 1 is 1.12 bits per heavy atom. The van der Waals surface area contributed by atoms with Crippen molar-refractivity contribution in [2.75, 3.05) is 31.4 Å². The largest absolute Gasteiger partial charge is 0.356 e. The normalized spacial score (nSPS) is 13.6. The van der Waals surface area contributed by atoms with Crippen molar-refractivity contribution in [1.82, 2.24) is 10.6 Å². The van der Waals surface area contributed by atoms with E-state index in [2.05, 4.69) is 15.6 Å². The quantitative estimate of drug-likeness (QED) is 0.223. The Hall–Kier alpha value is -0.880. The standard InChI is InChI=1S/C16H27N3O4S2.HI/c1-14(10-13-24(3,20)21)19-16(17-2)18-11-7-12-25(22,23)15-8-5-4-6-9-15;/h4-6,8-9,14H,7,10-13H2,1-3H3,(H2,17,18,19);1H. The second kappa shape index (κ2) is 11.8. The van der Waals surface area contributed by atoms with Crippen LogP contribution in [0.4, 0.5) is 0 Å². The summed E-state index contributed by atoms with van der Waals surface area (Å²) in [7, 11) is -4.66. The maximum Gasteiger partial charge on any atom is 0.191 e. The third-order valence-corrected chi connectivity index (χ3v) is 6.31. The number of guanidine groups is 1. The summed E-state index contributed by atoms with van der Waals surface area (Å²) in [4.78, 5) is 4.39. The Kier molecular flexibility index (Phi) is 11.4. The average molecular weight is 517 g/mol. The molecule has 0 bridgehead atoms. The second-order valence-electron chi connectivity index (χ2n) is 5.95. The topological polar surface area (TPSA) is 105 Å². The molecule has 1 aromatic rings. The van der Waals surface area contributed by atoms with E-state index in [1.165, 1.54) is 6.26 Å². The minimum Gasteiger partial charge on any atom is -0.356 e. The molecule has 0 spiro atoms. The zero-order chi connectivity index (χ0) is 18.9. The van der Waals surface area contributed by atoms with Crippen molar-refractivity contribution in [2.45, 2.75) is 30.7 Å². The maximum atomic E-state index is 12.2. The van der Waals surface area contributed by atoms with Gasteiger partial charge in [-0.05, 0) is 31.9 Å². The molecule has 0 radical (unpaired) electrons. The van der Waals surface area contributed by atoms with Crippen molar-refractivity contribution in [1.29, 1.82) is 0 Å². The highest BCUT2D eigenvalue weighted by Gasteiger charge is 2.13. The van der Waals surface area contributed by atoms with Gasteiger partial charge in [-0.25, -0.2) is 16.8 Å².